The third kappa shape index (κ3) is 4.34. The van der Waals surface area contributed by atoms with Crippen LogP contribution >= 0.6 is 22.6 Å². The number of carbonyl (C=O) groups excluding carboxylic acids is 1. The second kappa shape index (κ2) is 8.61. The van der Waals surface area contributed by atoms with E-state index in [4.69, 9.17) is 4.74 Å². The predicted molar refractivity (Wildman–Crippen MR) is 112 cm³/mol. The molecule has 0 spiro atoms. The van der Waals surface area contributed by atoms with Crippen molar-refractivity contribution in [2.24, 2.45) is 0 Å². The van der Waals surface area contributed by atoms with Gasteiger partial charge in [-0.1, -0.05) is 12.1 Å². The Bertz CT molecular complexity index is 1030. The van der Waals surface area contributed by atoms with Crippen molar-refractivity contribution in [1.29, 1.82) is 0 Å². The summed E-state index contributed by atoms with van der Waals surface area (Å²) in [5.41, 5.74) is 0.852. The van der Waals surface area contributed by atoms with Gasteiger partial charge in [0.2, 0.25) is 11.6 Å². The van der Waals surface area contributed by atoms with Gasteiger partial charge in [-0.15, -0.1) is 0 Å². The molecule has 0 aliphatic rings. The standard InChI is InChI=1S/C18H14IN5O4/c1-28-18(25)13-4-2-3-5-14(13)23-17-15(24(26)27)16(20-10-21-17)22-12-8-6-11(19)7-9-12/h2-10H,1H3,(H2,20,21,22,23). The molecule has 0 unspecified atom stereocenters. The maximum absolute atomic E-state index is 11.9. The van der Waals surface area contributed by atoms with Gasteiger partial charge in [0, 0.05) is 9.26 Å². The van der Waals surface area contributed by atoms with E-state index in [-0.39, 0.29) is 22.9 Å². The molecule has 10 heteroatoms. The molecular weight excluding hydrogens is 477 g/mol. The van der Waals surface area contributed by atoms with Crippen molar-refractivity contribution in [3.8, 4) is 0 Å². The molecule has 0 saturated heterocycles. The van der Waals surface area contributed by atoms with Crippen LogP contribution in [0.1, 0.15) is 10.4 Å². The number of ether oxygens (including phenoxy) is 1. The fraction of sp³-hybridized carbons (Fsp3) is 0.0556. The molecule has 0 radical (unpaired) electrons. The SMILES string of the molecule is COC(=O)c1ccccc1Nc1ncnc(Nc2ccc(I)cc2)c1[N+](=O)[O-]. The number of nitro groups is 1. The lowest BCUT2D eigenvalue weighted by atomic mass is 10.2. The van der Waals surface area contributed by atoms with E-state index in [0.29, 0.717) is 11.4 Å². The summed E-state index contributed by atoms with van der Waals surface area (Å²) in [6.07, 6.45) is 1.20. The first-order valence-electron chi connectivity index (χ1n) is 7.96. The molecule has 28 heavy (non-hydrogen) atoms. The highest BCUT2D eigenvalue weighted by Gasteiger charge is 2.24. The van der Waals surface area contributed by atoms with Crippen LogP contribution in [0.3, 0.4) is 0 Å². The van der Waals surface area contributed by atoms with E-state index in [1.807, 2.05) is 12.1 Å². The van der Waals surface area contributed by atoms with Gasteiger partial charge < -0.3 is 15.4 Å². The minimum Gasteiger partial charge on any atom is -0.465 e. The summed E-state index contributed by atoms with van der Waals surface area (Å²) in [5.74, 6) is -0.597. The summed E-state index contributed by atoms with van der Waals surface area (Å²) in [5, 5.41) is 17.5. The molecule has 0 aliphatic carbocycles. The van der Waals surface area contributed by atoms with Crippen molar-refractivity contribution in [1.82, 2.24) is 9.97 Å². The third-order valence-electron chi connectivity index (χ3n) is 3.70. The number of nitrogens with zero attached hydrogens (tertiary/aromatic N) is 3. The van der Waals surface area contributed by atoms with E-state index < -0.39 is 10.9 Å². The van der Waals surface area contributed by atoms with E-state index in [0.717, 1.165) is 3.57 Å². The van der Waals surface area contributed by atoms with E-state index in [2.05, 4.69) is 43.2 Å². The second-order valence-corrected chi connectivity index (χ2v) is 6.72. The zero-order valence-corrected chi connectivity index (χ0v) is 16.7. The molecule has 2 N–H and O–H groups in total. The minimum atomic E-state index is -0.585. The van der Waals surface area contributed by atoms with Crippen LogP contribution in [-0.4, -0.2) is 28.0 Å². The summed E-state index contributed by atoms with van der Waals surface area (Å²) in [6.45, 7) is 0. The second-order valence-electron chi connectivity index (χ2n) is 5.47. The molecule has 2 aromatic carbocycles. The Morgan fingerprint density at radius 3 is 2.36 bits per heavy atom. The summed E-state index contributed by atoms with van der Waals surface area (Å²) >= 11 is 2.16. The number of rotatable bonds is 6. The molecule has 0 aliphatic heterocycles. The Hall–Kier alpha value is -3.28. The van der Waals surface area contributed by atoms with Gasteiger partial charge in [-0.25, -0.2) is 14.8 Å². The quantitative estimate of drug-likeness (QED) is 0.227. The minimum absolute atomic E-state index is 0.0271. The first-order valence-corrected chi connectivity index (χ1v) is 9.04. The Morgan fingerprint density at radius 2 is 1.71 bits per heavy atom. The average molecular weight is 491 g/mol. The van der Waals surface area contributed by atoms with Crippen molar-refractivity contribution < 1.29 is 14.5 Å². The van der Waals surface area contributed by atoms with Gasteiger partial charge in [0.25, 0.3) is 0 Å². The Balaban J connectivity index is 2.00. The molecule has 1 aromatic heterocycles. The fourth-order valence-electron chi connectivity index (χ4n) is 2.41. The van der Waals surface area contributed by atoms with E-state index in [1.165, 1.54) is 13.4 Å². The number of aromatic nitrogens is 2. The number of hydrogen-bond donors (Lipinski definition) is 2. The van der Waals surface area contributed by atoms with E-state index in [9.17, 15) is 14.9 Å². The highest BCUT2D eigenvalue weighted by Crippen LogP contribution is 2.33. The zero-order valence-electron chi connectivity index (χ0n) is 14.5. The molecule has 3 rings (SSSR count). The van der Waals surface area contributed by atoms with Crippen LogP contribution in [-0.2, 0) is 4.74 Å². The van der Waals surface area contributed by atoms with Crippen molar-refractivity contribution >= 4 is 57.3 Å². The Morgan fingerprint density at radius 1 is 1.07 bits per heavy atom. The first-order chi connectivity index (χ1) is 13.5. The number of methoxy groups -OCH3 is 1. The lowest BCUT2D eigenvalue weighted by molar-refractivity contribution is -0.383. The Kier molecular flexibility index (Phi) is 5.99. The maximum atomic E-state index is 11.9. The first kappa shape index (κ1) is 19.5. The number of carbonyl (C=O) groups is 1. The van der Waals surface area contributed by atoms with Crippen molar-refractivity contribution in [3.63, 3.8) is 0 Å². The van der Waals surface area contributed by atoms with Crippen LogP contribution in [0.4, 0.5) is 28.7 Å². The van der Waals surface area contributed by atoms with E-state index in [1.54, 1.807) is 36.4 Å². The Labute approximate surface area is 173 Å². The zero-order chi connectivity index (χ0) is 20.1. The van der Waals surface area contributed by atoms with Crippen LogP contribution in [0.15, 0.2) is 54.9 Å². The molecule has 1 heterocycles. The number of nitrogens with one attached hydrogen (secondary N) is 2. The number of para-hydroxylation sites is 1. The van der Waals surface area contributed by atoms with Gasteiger partial charge >= 0.3 is 11.7 Å². The number of anilines is 4. The summed E-state index contributed by atoms with van der Waals surface area (Å²) in [4.78, 5) is 31.0. The number of halogens is 1. The number of esters is 1. The van der Waals surface area contributed by atoms with Gasteiger partial charge in [0.15, 0.2) is 0 Å². The third-order valence-corrected chi connectivity index (χ3v) is 4.42. The molecular formula is C18H14IN5O4. The van der Waals surface area contributed by atoms with E-state index >= 15 is 0 Å². The summed E-state index contributed by atoms with van der Waals surface area (Å²) < 4.78 is 5.78. The molecule has 9 nitrogen and oxygen atoms in total. The lowest BCUT2D eigenvalue weighted by Gasteiger charge is -2.12. The molecule has 0 saturated carbocycles. The van der Waals surface area contributed by atoms with Crippen LogP contribution < -0.4 is 10.6 Å². The number of benzene rings is 2. The topological polar surface area (TPSA) is 119 Å². The van der Waals surface area contributed by atoms with Crippen LogP contribution in [0.2, 0.25) is 0 Å². The van der Waals surface area contributed by atoms with Gasteiger partial charge in [0.05, 0.1) is 23.3 Å². The molecule has 0 bridgehead atoms. The highest BCUT2D eigenvalue weighted by atomic mass is 127. The summed E-state index contributed by atoms with van der Waals surface area (Å²) in [7, 11) is 1.26. The van der Waals surface area contributed by atoms with Crippen LogP contribution in [0.25, 0.3) is 0 Å². The molecule has 0 fully saturated rings. The van der Waals surface area contributed by atoms with Gasteiger partial charge in [0.1, 0.15) is 6.33 Å². The van der Waals surface area contributed by atoms with Crippen molar-refractivity contribution in [2.45, 2.75) is 0 Å². The predicted octanol–water partition coefficient (Wildman–Crippen LogP) is 4.26. The van der Waals surface area contributed by atoms with Crippen LogP contribution in [0, 0.1) is 13.7 Å². The highest BCUT2D eigenvalue weighted by molar-refractivity contribution is 14.1. The lowest BCUT2D eigenvalue weighted by Crippen LogP contribution is -2.09. The van der Waals surface area contributed by atoms with Crippen LogP contribution in [0.5, 0.6) is 0 Å². The summed E-state index contributed by atoms with van der Waals surface area (Å²) in [6, 6.07) is 13.8. The largest absolute Gasteiger partial charge is 0.465 e. The smallest absolute Gasteiger partial charge is 0.353 e. The number of hydrogen-bond acceptors (Lipinski definition) is 8. The molecule has 142 valence electrons. The monoisotopic (exact) mass is 491 g/mol. The molecule has 3 aromatic rings. The normalized spacial score (nSPS) is 10.2. The fourth-order valence-corrected chi connectivity index (χ4v) is 2.77. The van der Waals surface area contributed by atoms with Crippen molar-refractivity contribution in [3.05, 3.63) is 74.1 Å². The maximum Gasteiger partial charge on any atom is 0.353 e. The molecule has 0 amide bonds. The molecule has 0 atom stereocenters. The average Bonchev–Trinajstić information content (AvgIpc) is 2.69. The van der Waals surface area contributed by atoms with Gasteiger partial charge in [-0.3, -0.25) is 10.1 Å². The van der Waals surface area contributed by atoms with Gasteiger partial charge in [-0.2, -0.15) is 0 Å². The van der Waals surface area contributed by atoms with Gasteiger partial charge in [-0.05, 0) is 59.0 Å². The van der Waals surface area contributed by atoms with Crippen molar-refractivity contribution in [2.75, 3.05) is 17.7 Å².